The molecule has 4 nitrogen and oxygen atoms in total. The summed E-state index contributed by atoms with van der Waals surface area (Å²) in [5.41, 5.74) is 0.0360. The molecule has 1 heterocycles. The molecular formula is C11H22N4. The molecule has 0 spiro atoms. The molecule has 0 unspecified atom stereocenters. The molecule has 0 saturated heterocycles. The van der Waals surface area contributed by atoms with Crippen molar-refractivity contribution in [3.8, 4) is 0 Å². The third kappa shape index (κ3) is 3.61. The highest BCUT2D eigenvalue weighted by Crippen LogP contribution is 2.18. The van der Waals surface area contributed by atoms with Gasteiger partial charge < -0.3 is 0 Å². The number of unbranched alkanes of at least 4 members (excludes halogenated alkanes) is 3. The second-order valence-corrected chi connectivity index (χ2v) is 5.04. The fraction of sp³-hybridized carbons (Fsp3) is 0.909. The van der Waals surface area contributed by atoms with Crippen molar-refractivity contribution < 1.29 is 0 Å². The summed E-state index contributed by atoms with van der Waals surface area (Å²) in [5, 5.41) is 11.9. The number of rotatable bonds is 5. The van der Waals surface area contributed by atoms with Crippen LogP contribution in [-0.4, -0.2) is 20.2 Å². The second kappa shape index (κ2) is 5.24. The van der Waals surface area contributed by atoms with Gasteiger partial charge in [0.1, 0.15) is 0 Å². The summed E-state index contributed by atoms with van der Waals surface area (Å²) in [5.74, 6) is 0.985. The fourth-order valence-electron chi connectivity index (χ4n) is 1.58. The molecule has 1 rings (SSSR count). The summed E-state index contributed by atoms with van der Waals surface area (Å²) in [7, 11) is 0. The van der Waals surface area contributed by atoms with Crippen molar-refractivity contribution in [3.05, 3.63) is 5.82 Å². The van der Waals surface area contributed by atoms with Crippen molar-refractivity contribution in [1.29, 1.82) is 0 Å². The van der Waals surface area contributed by atoms with Gasteiger partial charge >= 0.3 is 0 Å². The van der Waals surface area contributed by atoms with Crippen LogP contribution in [0.2, 0.25) is 0 Å². The maximum absolute atomic E-state index is 4.09. The molecule has 0 bridgehead atoms. The standard InChI is InChI=1S/C11H22N4/c1-5-6-7-8-9-15-10(11(2,3)4)12-13-14-15/h5-9H2,1-4H3. The Morgan fingerprint density at radius 3 is 2.47 bits per heavy atom. The van der Waals surface area contributed by atoms with Crippen molar-refractivity contribution in [2.24, 2.45) is 0 Å². The summed E-state index contributed by atoms with van der Waals surface area (Å²) >= 11 is 0. The molecule has 0 aliphatic rings. The first-order chi connectivity index (χ1) is 7.05. The SMILES string of the molecule is CCCCCCn1nnnc1C(C)(C)C. The van der Waals surface area contributed by atoms with Crippen molar-refractivity contribution in [1.82, 2.24) is 20.2 Å². The van der Waals surface area contributed by atoms with Crippen LogP contribution in [0.15, 0.2) is 0 Å². The van der Waals surface area contributed by atoms with E-state index >= 15 is 0 Å². The normalized spacial score (nSPS) is 12.0. The molecule has 0 fully saturated rings. The van der Waals surface area contributed by atoms with Crippen LogP contribution in [0.4, 0.5) is 0 Å². The lowest BCUT2D eigenvalue weighted by molar-refractivity contribution is 0.452. The minimum atomic E-state index is 0.0360. The first-order valence-corrected chi connectivity index (χ1v) is 5.82. The number of hydrogen-bond acceptors (Lipinski definition) is 3. The lowest BCUT2D eigenvalue weighted by Gasteiger charge is -2.16. The molecule has 0 atom stereocenters. The highest BCUT2D eigenvalue weighted by Gasteiger charge is 2.21. The van der Waals surface area contributed by atoms with E-state index in [1.807, 2.05) is 4.68 Å². The molecule has 1 aromatic rings. The van der Waals surface area contributed by atoms with Gasteiger partial charge in [0.2, 0.25) is 0 Å². The molecule has 86 valence electrons. The van der Waals surface area contributed by atoms with E-state index in [-0.39, 0.29) is 5.41 Å². The van der Waals surface area contributed by atoms with Gasteiger partial charge in [-0.1, -0.05) is 47.0 Å². The Kier molecular flexibility index (Phi) is 4.24. The van der Waals surface area contributed by atoms with Crippen LogP contribution in [-0.2, 0) is 12.0 Å². The first kappa shape index (κ1) is 12.1. The van der Waals surface area contributed by atoms with E-state index in [2.05, 4.69) is 43.2 Å². The van der Waals surface area contributed by atoms with Gasteiger partial charge in [-0.15, -0.1) is 5.10 Å². The van der Waals surface area contributed by atoms with Gasteiger partial charge in [-0.3, -0.25) is 0 Å². The molecule has 0 aliphatic heterocycles. The van der Waals surface area contributed by atoms with E-state index < -0.39 is 0 Å². The second-order valence-electron chi connectivity index (χ2n) is 5.04. The van der Waals surface area contributed by atoms with E-state index in [9.17, 15) is 0 Å². The number of nitrogens with zero attached hydrogens (tertiary/aromatic N) is 4. The molecule has 0 aromatic carbocycles. The van der Waals surface area contributed by atoms with Gasteiger partial charge in [0.15, 0.2) is 5.82 Å². The Bertz CT molecular complexity index is 285. The van der Waals surface area contributed by atoms with Crippen LogP contribution in [0.5, 0.6) is 0 Å². The zero-order valence-corrected chi connectivity index (χ0v) is 10.3. The molecule has 0 N–H and O–H groups in total. The predicted octanol–water partition coefficient (Wildman–Crippen LogP) is 2.55. The van der Waals surface area contributed by atoms with Crippen LogP contribution in [0.25, 0.3) is 0 Å². The quantitative estimate of drug-likeness (QED) is 0.701. The van der Waals surface area contributed by atoms with Gasteiger partial charge in [0.05, 0.1) is 0 Å². The molecular weight excluding hydrogens is 188 g/mol. The van der Waals surface area contributed by atoms with E-state index in [1.54, 1.807) is 0 Å². The van der Waals surface area contributed by atoms with Crippen molar-refractivity contribution in [3.63, 3.8) is 0 Å². The third-order valence-electron chi connectivity index (χ3n) is 2.43. The topological polar surface area (TPSA) is 43.6 Å². The highest BCUT2D eigenvalue weighted by molar-refractivity contribution is 4.98. The number of aromatic nitrogens is 4. The Morgan fingerprint density at radius 1 is 1.13 bits per heavy atom. The summed E-state index contributed by atoms with van der Waals surface area (Å²) in [6.07, 6.45) is 5.00. The number of tetrazole rings is 1. The smallest absolute Gasteiger partial charge is 0.156 e. The molecule has 15 heavy (non-hydrogen) atoms. The van der Waals surface area contributed by atoms with Gasteiger partial charge in [-0.25, -0.2) is 4.68 Å². The highest BCUT2D eigenvalue weighted by atomic mass is 15.5. The number of hydrogen-bond donors (Lipinski definition) is 0. The van der Waals surface area contributed by atoms with E-state index in [0.717, 1.165) is 12.4 Å². The fourth-order valence-corrected chi connectivity index (χ4v) is 1.58. The first-order valence-electron chi connectivity index (χ1n) is 5.82. The van der Waals surface area contributed by atoms with Crippen molar-refractivity contribution in [2.45, 2.75) is 65.3 Å². The van der Waals surface area contributed by atoms with E-state index in [4.69, 9.17) is 0 Å². The summed E-state index contributed by atoms with van der Waals surface area (Å²) in [4.78, 5) is 0. The van der Waals surface area contributed by atoms with Gasteiger partial charge in [-0.2, -0.15) is 0 Å². The van der Waals surface area contributed by atoms with Crippen molar-refractivity contribution >= 4 is 0 Å². The predicted molar refractivity (Wildman–Crippen MR) is 60.7 cm³/mol. The minimum Gasteiger partial charge on any atom is -0.229 e. The van der Waals surface area contributed by atoms with Crippen LogP contribution < -0.4 is 0 Å². The van der Waals surface area contributed by atoms with Gasteiger partial charge in [-0.05, 0) is 16.8 Å². The van der Waals surface area contributed by atoms with Crippen molar-refractivity contribution in [2.75, 3.05) is 0 Å². The molecule has 0 aliphatic carbocycles. The average Bonchev–Trinajstić information content (AvgIpc) is 2.59. The third-order valence-corrected chi connectivity index (χ3v) is 2.43. The monoisotopic (exact) mass is 210 g/mol. The van der Waals surface area contributed by atoms with Gasteiger partial charge in [0.25, 0.3) is 0 Å². The zero-order valence-electron chi connectivity index (χ0n) is 10.3. The molecule has 0 saturated carbocycles. The molecule has 1 aromatic heterocycles. The summed E-state index contributed by atoms with van der Waals surface area (Å²) in [6, 6.07) is 0. The average molecular weight is 210 g/mol. The summed E-state index contributed by atoms with van der Waals surface area (Å²) in [6.45, 7) is 9.58. The maximum atomic E-state index is 4.09. The summed E-state index contributed by atoms with van der Waals surface area (Å²) < 4.78 is 1.94. The minimum absolute atomic E-state index is 0.0360. The zero-order chi connectivity index (χ0) is 11.3. The van der Waals surface area contributed by atoms with Crippen LogP contribution in [0, 0.1) is 0 Å². The molecule has 0 amide bonds. The van der Waals surface area contributed by atoms with Gasteiger partial charge in [0, 0.05) is 12.0 Å². The maximum Gasteiger partial charge on any atom is 0.156 e. The van der Waals surface area contributed by atoms with Crippen LogP contribution in [0.3, 0.4) is 0 Å². The van der Waals surface area contributed by atoms with E-state index in [0.29, 0.717) is 0 Å². The Labute approximate surface area is 92.1 Å². The molecule has 0 radical (unpaired) electrons. The number of aryl methyl sites for hydroxylation is 1. The van der Waals surface area contributed by atoms with Crippen LogP contribution in [0.1, 0.15) is 59.2 Å². The Hall–Kier alpha value is -0.930. The van der Waals surface area contributed by atoms with E-state index in [1.165, 1.54) is 25.7 Å². The molecule has 4 heteroatoms. The van der Waals surface area contributed by atoms with Crippen LogP contribution >= 0.6 is 0 Å². The lowest BCUT2D eigenvalue weighted by atomic mass is 9.96. The Balaban J connectivity index is 2.51. The lowest BCUT2D eigenvalue weighted by Crippen LogP contribution is -2.20. The largest absolute Gasteiger partial charge is 0.229 e. The Morgan fingerprint density at radius 2 is 1.87 bits per heavy atom.